The molecule has 0 saturated heterocycles. The molecule has 0 atom stereocenters. The third-order valence-corrected chi connectivity index (χ3v) is 6.51. The van der Waals surface area contributed by atoms with E-state index in [2.05, 4.69) is 16.4 Å². The van der Waals surface area contributed by atoms with Crippen molar-refractivity contribution in [1.82, 2.24) is 0 Å². The van der Waals surface area contributed by atoms with Gasteiger partial charge in [0.1, 0.15) is 0 Å². The zero-order valence-electron chi connectivity index (χ0n) is 19.8. The van der Waals surface area contributed by atoms with Crippen LogP contribution in [0, 0.1) is 29.2 Å². The molecule has 3 aromatic carbocycles. The van der Waals surface area contributed by atoms with E-state index in [1.54, 1.807) is 12.1 Å². The largest absolute Gasteiger partial charge is 0.573 e. The summed E-state index contributed by atoms with van der Waals surface area (Å²) in [5.41, 5.74) is -0.0893. The van der Waals surface area contributed by atoms with Gasteiger partial charge in [0.15, 0.2) is 29.0 Å². The lowest BCUT2D eigenvalue weighted by Crippen LogP contribution is -2.24. The zero-order valence-corrected chi connectivity index (χ0v) is 19.8. The lowest BCUT2D eigenvalue weighted by Gasteiger charge is -2.26. The van der Waals surface area contributed by atoms with Gasteiger partial charge < -0.3 is 9.47 Å². The van der Waals surface area contributed by atoms with Gasteiger partial charge in [0.25, 0.3) is 0 Å². The number of rotatable bonds is 6. The molecule has 0 heterocycles. The van der Waals surface area contributed by atoms with E-state index in [1.807, 2.05) is 12.1 Å². The number of ether oxygens (including phenoxy) is 2. The molecule has 0 aliphatic heterocycles. The molecule has 0 amide bonds. The van der Waals surface area contributed by atoms with Gasteiger partial charge in [-0.3, -0.25) is 0 Å². The van der Waals surface area contributed by atoms with Crippen molar-refractivity contribution in [3.05, 3.63) is 82.9 Å². The zero-order chi connectivity index (χ0) is 27.8. The molecule has 11 heteroatoms. The summed E-state index contributed by atoms with van der Waals surface area (Å²) in [6.45, 7) is 2.20. The molecule has 0 N–H and O–H groups in total. The molecule has 0 radical (unpaired) electrons. The summed E-state index contributed by atoms with van der Waals surface area (Å²) in [5, 5.41) is 0. The average Bonchev–Trinajstić information content (AvgIpc) is 2.83. The van der Waals surface area contributed by atoms with Gasteiger partial charge in [-0.2, -0.15) is 8.78 Å². The first-order valence-corrected chi connectivity index (χ1v) is 11.6. The van der Waals surface area contributed by atoms with Crippen molar-refractivity contribution in [2.24, 2.45) is 5.92 Å². The van der Waals surface area contributed by atoms with E-state index in [1.165, 1.54) is 0 Å². The molecule has 0 spiro atoms. The van der Waals surface area contributed by atoms with Crippen molar-refractivity contribution in [3.8, 4) is 22.6 Å². The second-order valence-electron chi connectivity index (χ2n) is 9.28. The molecule has 1 fully saturated rings. The van der Waals surface area contributed by atoms with E-state index in [9.17, 15) is 39.5 Å². The average molecular weight is 548 g/mol. The van der Waals surface area contributed by atoms with Crippen LogP contribution in [-0.4, -0.2) is 6.36 Å². The first-order valence-electron chi connectivity index (χ1n) is 11.6. The molecule has 38 heavy (non-hydrogen) atoms. The van der Waals surface area contributed by atoms with Crippen molar-refractivity contribution in [2.45, 2.75) is 51.0 Å². The SMILES string of the molecule is CC1CCC(c2ccc(-c3cc(F)c(OC(F)(F)c4cc(F)c(OC(F)(F)F)c(F)c4)c(F)c3)cc2)CC1. The van der Waals surface area contributed by atoms with Gasteiger partial charge in [-0.25, -0.2) is 17.6 Å². The minimum Gasteiger partial charge on any atom is -0.423 e. The van der Waals surface area contributed by atoms with Crippen LogP contribution < -0.4 is 9.47 Å². The summed E-state index contributed by atoms with van der Waals surface area (Å²) < 4.78 is 130. The number of hydrogen-bond acceptors (Lipinski definition) is 2. The van der Waals surface area contributed by atoms with Crippen molar-refractivity contribution in [2.75, 3.05) is 0 Å². The predicted octanol–water partition coefficient (Wildman–Crippen LogP) is 9.23. The van der Waals surface area contributed by atoms with Gasteiger partial charge in [0.2, 0.25) is 5.75 Å². The Labute approximate surface area is 212 Å². The number of benzene rings is 3. The Morgan fingerprint density at radius 3 is 1.61 bits per heavy atom. The van der Waals surface area contributed by atoms with E-state index in [-0.39, 0.29) is 17.7 Å². The van der Waals surface area contributed by atoms with E-state index in [4.69, 9.17) is 0 Å². The van der Waals surface area contributed by atoms with Crippen molar-refractivity contribution in [3.63, 3.8) is 0 Å². The topological polar surface area (TPSA) is 18.5 Å². The van der Waals surface area contributed by atoms with Crippen LogP contribution in [0.3, 0.4) is 0 Å². The Morgan fingerprint density at radius 2 is 1.11 bits per heavy atom. The van der Waals surface area contributed by atoms with E-state index in [0.29, 0.717) is 17.4 Å². The van der Waals surface area contributed by atoms with Crippen molar-refractivity contribution >= 4 is 0 Å². The highest BCUT2D eigenvalue weighted by Gasteiger charge is 2.40. The smallest absolute Gasteiger partial charge is 0.423 e. The Bertz CT molecular complexity index is 1250. The maximum Gasteiger partial charge on any atom is 0.573 e. The summed E-state index contributed by atoms with van der Waals surface area (Å²) in [5.74, 6) is -9.75. The highest BCUT2D eigenvalue weighted by molar-refractivity contribution is 5.65. The second-order valence-corrected chi connectivity index (χ2v) is 9.28. The van der Waals surface area contributed by atoms with Crippen molar-refractivity contribution in [1.29, 1.82) is 0 Å². The molecule has 1 aliphatic rings. The Balaban J connectivity index is 1.55. The Hall–Kier alpha value is -3.37. The molecule has 3 aromatic rings. The van der Waals surface area contributed by atoms with Crippen LogP contribution in [0.2, 0.25) is 0 Å². The third-order valence-electron chi connectivity index (χ3n) is 6.51. The predicted molar refractivity (Wildman–Crippen MR) is 120 cm³/mol. The summed E-state index contributed by atoms with van der Waals surface area (Å²) in [4.78, 5) is 0. The number of halogens is 9. The van der Waals surface area contributed by atoms with Gasteiger partial charge in [0.05, 0.1) is 5.56 Å². The second kappa shape index (κ2) is 10.4. The van der Waals surface area contributed by atoms with Crippen LogP contribution >= 0.6 is 0 Å². The summed E-state index contributed by atoms with van der Waals surface area (Å²) >= 11 is 0. The monoisotopic (exact) mass is 548 g/mol. The maximum absolute atomic E-state index is 14.7. The van der Waals surface area contributed by atoms with Crippen LogP contribution in [0.25, 0.3) is 11.1 Å². The molecule has 2 nitrogen and oxygen atoms in total. The van der Waals surface area contributed by atoms with Crippen LogP contribution in [0.4, 0.5) is 39.5 Å². The molecular formula is C27H21F9O2. The fourth-order valence-electron chi connectivity index (χ4n) is 4.49. The van der Waals surface area contributed by atoms with Crippen LogP contribution in [0.5, 0.6) is 11.5 Å². The van der Waals surface area contributed by atoms with E-state index in [0.717, 1.165) is 43.4 Å². The van der Waals surface area contributed by atoms with Gasteiger partial charge >= 0.3 is 12.5 Å². The summed E-state index contributed by atoms with van der Waals surface area (Å²) in [7, 11) is 0. The van der Waals surface area contributed by atoms with Gasteiger partial charge in [-0.1, -0.05) is 44.0 Å². The third kappa shape index (κ3) is 6.19. The van der Waals surface area contributed by atoms with E-state index >= 15 is 0 Å². The molecule has 0 aromatic heterocycles. The molecular weight excluding hydrogens is 527 g/mol. The standard InChI is InChI=1S/C27H21F9O2/c1-14-2-4-15(5-3-14)16-6-8-17(9-7-16)18-10-20(28)24(21(29)11-18)37-26(32,33)19-12-22(30)25(23(31)13-19)38-27(34,35)36/h6-15H,2-5H2,1H3. The molecule has 0 unspecified atom stereocenters. The fraction of sp³-hybridized carbons (Fsp3) is 0.333. The lowest BCUT2D eigenvalue weighted by atomic mass is 9.79. The summed E-state index contributed by atoms with van der Waals surface area (Å²) in [6.07, 6.45) is -5.92. The lowest BCUT2D eigenvalue weighted by molar-refractivity contribution is -0.276. The molecule has 4 rings (SSSR count). The van der Waals surface area contributed by atoms with Gasteiger partial charge in [0, 0.05) is 0 Å². The van der Waals surface area contributed by atoms with Crippen LogP contribution in [-0.2, 0) is 6.11 Å². The normalized spacial score (nSPS) is 18.4. The highest BCUT2D eigenvalue weighted by Crippen LogP contribution is 2.40. The van der Waals surface area contributed by atoms with Crippen LogP contribution in [0.1, 0.15) is 49.7 Å². The van der Waals surface area contributed by atoms with E-state index < -0.39 is 52.8 Å². The molecule has 1 saturated carbocycles. The fourth-order valence-corrected chi connectivity index (χ4v) is 4.49. The minimum absolute atomic E-state index is 0.0326. The Morgan fingerprint density at radius 1 is 0.632 bits per heavy atom. The number of hydrogen-bond donors (Lipinski definition) is 0. The first kappa shape index (κ1) is 27.7. The maximum atomic E-state index is 14.7. The first-order chi connectivity index (χ1) is 17.7. The quantitative estimate of drug-likeness (QED) is 0.286. The molecule has 204 valence electrons. The minimum atomic E-state index is -5.49. The van der Waals surface area contributed by atoms with Crippen molar-refractivity contribution < 1.29 is 49.0 Å². The highest BCUT2D eigenvalue weighted by atomic mass is 19.4. The van der Waals surface area contributed by atoms with Gasteiger partial charge in [-0.05, 0) is 65.6 Å². The van der Waals surface area contributed by atoms with Gasteiger partial charge in [-0.15, -0.1) is 13.2 Å². The molecule has 0 bridgehead atoms. The number of alkyl halides is 5. The summed E-state index contributed by atoms with van der Waals surface area (Å²) in [6, 6.07) is 8.14. The Kier molecular flexibility index (Phi) is 7.58. The van der Waals surface area contributed by atoms with Crippen LogP contribution in [0.15, 0.2) is 48.5 Å². The molecule has 1 aliphatic carbocycles.